The van der Waals surface area contributed by atoms with Gasteiger partial charge >= 0.3 is 0 Å². The molecule has 0 saturated carbocycles. The Labute approximate surface area is 128 Å². The Morgan fingerprint density at radius 3 is 1.30 bits per heavy atom. The predicted molar refractivity (Wildman–Crippen MR) is 91.4 cm³/mol. The van der Waals surface area contributed by atoms with Crippen molar-refractivity contribution in [3.8, 4) is 0 Å². The summed E-state index contributed by atoms with van der Waals surface area (Å²) in [5.74, 6) is 0. The monoisotopic (exact) mass is 284 g/mol. The molecule has 0 aliphatic carbocycles. The molecule has 0 heterocycles. The third-order valence-electron chi connectivity index (χ3n) is 4.34. The topological polar surface area (TPSA) is 9.23 Å². The summed E-state index contributed by atoms with van der Waals surface area (Å²) in [4.78, 5) is 0. The maximum absolute atomic E-state index is 5.60. The lowest BCUT2D eigenvalue weighted by Gasteiger charge is -2.15. The van der Waals surface area contributed by atoms with E-state index in [1.807, 2.05) is 7.11 Å². The standard InChI is InChI=1S/C19H40O/c1-4-6-8-10-11-12-13-14-16-18-19(20-3)17-15-9-7-5-2/h19H,4-18H2,1-3H3. The lowest BCUT2D eigenvalue weighted by molar-refractivity contribution is 0.0832. The van der Waals surface area contributed by atoms with Crippen LogP contribution in [0.25, 0.3) is 0 Å². The van der Waals surface area contributed by atoms with Gasteiger partial charge in [0.25, 0.3) is 0 Å². The Hall–Kier alpha value is -0.0400. The SMILES string of the molecule is CCCCCCCCCCCC(CCCCCC)OC. The van der Waals surface area contributed by atoms with Gasteiger partial charge in [0.05, 0.1) is 6.10 Å². The van der Waals surface area contributed by atoms with E-state index in [9.17, 15) is 0 Å². The van der Waals surface area contributed by atoms with Crippen molar-refractivity contribution in [2.24, 2.45) is 0 Å². The Morgan fingerprint density at radius 2 is 0.900 bits per heavy atom. The molecule has 0 N–H and O–H groups in total. The molecule has 0 aliphatic heterocycles. The van der Waals surface area contributed by atoms with Gasteiger partial charge in [-0.05, 0) is 12.8 Å². The maximum Gasteiger partial charge on any atom is 0.0571 e. The van der Waals surface area contributed by atoms with E-state index in [2.05, 4.69) is 13.8 Å². The second-order valence-electron chi connectivity index (χ2n) is 6.32. The van der Waals surface area contributed by atoms with Gasteiger partial charge in [-0.1, -0.05) is 97.3 Å². The molecule has 0 aromatic rings. The van der Waals surface area contributed by atoms with E-state index in [1.54, 1.807) is 0 Å². The normalized spacial score (nSPS) is 12.8. The molecule has 1 nitrogen and oxygen atoms in total. The van der Waals surface area contributed by atoms with Crippen LogP contribution in [0.2, 0.25) is 0 Å². The fraction of sp³-hybridized carbons (Fsp3) is 1.00. The van der Waals surface area contributed by atoms with Gasteiger partial charge in [-0.2, -0.15) is 0 Å². The minimum Gasteiger partial charge on any atom is -0.381 e. The third-order valence-corrected chi connectivity index (χ3v) is 4.34. The molecular weight excluding hydrogens is 244 g/mol. The van der Waals surface area contributed by atoms with Crippen molar-refractivity contribution in [2.75, 3.05) is 7.11 Å². The van der Waals surface area contributed by atoms with Crippen LogP contribution < -0.4 is 0 Å². The highest BCUT2D eigenvalue weighted by Gasteiger charge is 2.06. The van der Waals surface area contributed by atoms with Crippen molar-refractivity contribution in [1.29, 1.82) is 0 Å². The van der Waals surface area contributed by atoms with Crippen LogP contribution in [-0.2, 0) is 4.74 Å². The van der Waals surface area contributed by atoms with Crippen molar-refractivity contribution >= 4 is 0 Å². The van der Waals surface area contributed by atoms with Gasteiger partial charge in [-0.25, -0.2) is 0 Å². The molecule has 1 heteroatoms. The predicted octanol–water partition coefficient (Wildman–Crippen LogP) is 6.89. The highest BCUT2D eigenvalue weighted by atomic mass is 16.5. The maximum atomic E-state index is 5.60. The molecule has 0 fully saturated rings. The molecule has 0 amide bonds. The zero-order valence-corrected chi connectivity index (χ0v) is 14.6. The molecule has 0 aliphatic rings. The van der Waals surface area contributed by atoms with Crippen LogP contribution in [0.3, 0.4) is 0 Å². The molecule has 0 spiro atoms. The van der Waals surface area contributed by atoms with Gasteiger partial charge in [0.2, 0.25) is 0 Å². The number of hydrogen-bond donors (Lipinski definition) is 0. The third kappa shape index (κ3) is 14.4. The molecule has 122 valence electrons. The number of rotatable bonds is 16. The van der Waals surface area contributed by atoms with Gasteiger partial charge < -0.3 is 4.74 Å². The highest BCUT2D eigenvalue weighted by molar-refractivity contribution is 4.59. The zero-order chi connectivity index (χ0) is 14.9. The molecular formula is C19H40O. The molecule has 1 unspecified atom stereocenters. The van der Waals surface area contributed by atoms with E-state index in [0.29, 0.717) is 6.10 Å². The molecule has 20 heavy (non-hydrogen) atoms. The average molecular weight is 285 g/mol. The van der Waals surface area contributed by atoms with Crippen molar-refractivity contribution in [1.82, 2.24) is 0 Å². The number of unbranched alkanes of at least 4 members (excludes halogenated alkanes) is 11. The van der Waals surface area contributed by atoms with Crippen LogP contribution >= 0.6 is 0 Å². The second-order valence-corrected chi connectivity index (χ2v) is 6.32. The van der Waals surface area contributed by atoms with E-state index < -0.39 is 0 Å². The Morgan fingerprint density at radius 1 is 0.550 bits per heavy atom. The number of hydrogen-bond acceptors (Lipinski definition) is 1. The quantitative estimate of drug-likeness (QED) is 0.280. The van der Waals surface area contributed by atoms with Crippen LogP contribution in [-0.4, -0.2) is 13.2 Å². The number of methoxy groups -OCH3 is 1. The average Bonchev–Trinajstić information content (AvgIpc) is 2.47. The van der Waals surface area contributed by atoms with Gasteiger partial charge in [-0.15, -0.1) is 0 Å². The summed E-state index contributed by atoms with van der Waals surface area (Å²) in [6, 6.07) is 0. The first-order valence-electron chi connectivity index (χ1n) is 9.37. The lowest BCUT2D eigenvalue weighted by atomic mass is 10.0. The zero-order valence-electron chi connectivity index (χ0n) is 14.6. The summed E-state index contributed by atoms with van der Waals surface area (Å²) in [5, 5.41) is 0. The van der Waals surface area contributed by atoms with Crippen LogP contribution in [0, 0.1) is 0 Å². The molecule has 0 radical (unpaired) electrons. The van der Waals surface area contributed by atoms with Crippen molar-refractivity contribution < 1.29 is 4.74 Å². The van der Waals surface area contributed by atoms with E-state index in [-0.39, 0.29) is 0 Å². The largest absolute Gasteiger partial charge is 0.381 e. The lowest BCUT2D eigenvalue weighted by Crippen LogP contribution is -2.10. The molecule has 1 atom stereocenters. The van der Waals surface area contributed by atoms with Crippen LogP contribution in [0.5, 0.6) is 0 Å². The van der Waals surface area contributed by atoms with Crippen molar-refractivity contribution in [3.05, 3.63) is 0 Å². The first-order valence-corrected chi connectivity index (χ1v) is 9.37. The Kier molecular flexibility index (Phi) is 17.0. The fourth-order valence-electron chi connectivity index (χ4n) is 2.86. The summed E-state index contributed by atoms with van der Waals surface area (Å²) in [5.41, 5.74) is 0. The molecule has 0 aromatic heterocycles. The highest BCUT2D eigenvalue weighted by Crippen LogP contribution is 2.15. The second kappa shape index (κ2) is 17.0. The van der Waals surface area contributed by atoms with Gasteiger partial charge in [0.15, 0.2) is 0 Å². The van der Waals surface area contributed by atoms with Crippen LogP contribution in [0.1, 0.15) is 110 Å². The Bertz CT molecular complexity index is 167. The molecule has 0 rings (SSSR count). The summed E-state index contributed by atoms with van der Waals surface area (Å²) in [7, 11) is 1.89. The molecule has 0 aromatic carbocycles. The van der Waals surface area contributed by atoms with Gasteiger partial charge in [-0.3, -0.25) is 0 Å². The first-order chi connectivity index (χ1) is 9.85. The van der Waals surface area contributed by atoms with Crippen LogP contribution in [0.15, 0.2) is 0 Å². The fourth-order valence-corrected chi connectivity index (χ4v) is 2.86. The van der Waals surface area contributed by atoms with Gasteiger partial charge in [0.1, 0.15) is 0 Å². The summed E-state index contributed by atoms with van der Waals surface area (Å²) in [6.07, 6.45) is 21.3. The molecule has 0 saturated heterocycles. The van der Waals surface area contributed by atoms with E-state index >= 15 is 0 Å². The first kappa shape index (κ1) is 20.0. The number of ether oxygens (including phenoxy) is 1. The minimum absolute atomic E-state index is 0.524. The van der Waals surface area contributed by atoms with Crippen LogP contribution in [0.4, 0.5) is 0 Å². The summed E-state index contributed by atoms with van der Waals surface area (Å²) >= 11 is 0. The summed E-state index contributed by atoms with van der Waals surface area (Å²) in [6.45, 7) is 4.56. The van der Waals surface area contributed by atoms with Gasteiger partial charge in [0, 0.05) is 7.11 Å². The molecule has 0 bridgehead atoms. The smallest absolute Gasteiger partial charge is 0.0571 e. The minimum atomic E-state index is 0.524. The van der Waals surface area contributed by atoms with Crippen molar-refractivity contribution in [3.63, 3.8) is 0 Å². The Balaban J connectivity index is 3.24. The summed E-state index contributed by atoms with van der Waals surface area (Å²) < 4.78 is 5.60. The van der Waals surface area contributed by atoms with E-state index in [1.165, 1.54) is 96.3 Å². The van der Waals surface area contributed by atoms with Crippen molar-refractivity contribution in [2.45, 2.75) is 116 Å². The van der Waals surface area contributed by atoms with E-state index in [4.69, 9.17) is 4.74 Å². The van der Waals surface area contributed by atoms with E-state index in [0.717, 1.165) is 0 Å².